The van der Waals surface area contributed by atoms with E-state index < -0.39 is 24.0 Å². The fourth-order valence-electron chi connectivity index (χ4n) is 1.17. The summed E-state index contributed by atoms with van der Waals surface area (Å²) in [6.07, 6.45) is 1.42. The molecule has 2 atom stereocenters. The molecule has 0 aliphatic heterocycles. The van der Waals surface area contributed by atoms with Gasteiger partial charge in [0.1, 0.15) is 0 Å². The fraction of sp³-hybridized carbons (Fsp3) is 0.300. The van der Waals surface area contributed by atoms with Gasteiger partial charge < -0.3 is 15.5 Å². The lowest BCUT2D eigenvalue weighted by Crippen LogP contribution is -2.47. The van der Waals surface area contributed by atoms with Crippen molar-refractivity contribution in [3.8, 4) is 0 Å². The summed E-state index contributed by atoms with van der Waals surface area (Å²) in [5.74, 6) is -2.00. The predicted molar refractivity (Wildman–Crippen MR) is 59.8 cm³/mol. The first-order valence-electron chi connectivity index (χ1n) is 4.74. The standard InChI is InChI=1S/C10H11ClN2O4/c1-5(14)8(10(16)17)13-9(15)6-2-3-12-4-7(6)11/h2-5,8,14H,1H3,(H,13,15)(H,16,17)/t5-,8+/m1/s1. The maximum Gasteiger partial charge on any atom is 0.328 e. The van der Waals surface area contributed by atoms with Crippen LogP contribution >= 0.6 is 11.6 Å². The molecule has 0 fully saturated rings. The molecule has 0 saturated carbocycles. The second kappa shape index (κ2) is 5.60. The van der Waals surface area contributed by atoms with E-state index in [-0.39, 0.29) is 10.6 Å². The van der Waals surface area contributed by atoms with Gasteiger partial charge >= 0.3 is 5.97 Å². The van der Waals surface area contributed by atoms with Crippen LogP contribution in [-0.4, -0.2) is 39.2 Å². The molecule has 1 rings (SSSR count). The molecule has 1 heterocycles. The third-order valence-corrected chi connectivity index (χ3v) is 2.35. The van der Waals surface area contributed by atoms with E-state index in [1.807, 2.05) is 0 Å². The van der Waals surface area contributed by atoms with E-state index in [0.717, 1.165) is 0 Å². The first kappa shape index (κ1) is 13.4. The van der Waals surface area contributed by atoms with E-state index in [0.29, 0.717) is 0 Å². The summed E-state index contributed by atoms with van der Waals surface area (Å²) in [7, 11) is 0. The molecular weight excluding hydrogens is 248 g/mol. The molecule has 0 radical (unpaired) electrons. The zero-order valence-electron chi connectivity index (χ0n) is 8.92. The minimum atomic E-state index is -1.38. The van der Waals surface area contributed by atoms with Crippen LogP contribution in [0, 0.1) is 0 Å². The van der Waals surface area contributed by atoms with Gasteiger partial charge in [-0.1, -0.05) is 11.6 Å². The van der Waals surface area contributed by atoms with Crippen molar-refractivity contribution in [2.75, 3.05) is 0 Å². The molecule has 0 spiro atoms. The van der Waals surface area contributed by atoms with E-state index in [4.69, 9.17) is 16.7 Å². The maximum absolute atomic E-state index is 11.7. The lowest BCUT2D eigenvalue weighted by atomic mass is 10.1. The average Bonchev–Trinajstić information content (AvgIpc) is 2.25. The lowest BCUT2D eigenvalue weighted by molar-refractivity contribution is -0.141. The Labute approximate surface area is 102 Å². The number of carbonyl (C=O) groups excluding carboxylic acids is 1. The minimum Gasteiger partial charge on any atom is -0.480 e. The quantitative estimate of drug-likeness (QED) is 0.721. The van der Waals surface area contributed by atoms with Gasteiger partial charge in [0.2, 0.25) is 0 Å². The number of hydrogen-bond acceptors (Lipinski definition) is 4. The largest absolute Gasteiger partial charge is 0.480 e. The monoisotopic (exact) mass is 258 g/mol. The first-order valence-corrected chi connectivity index (χ1v) is 5.12. The molecule has 0 aliphatic carbocycles. The van der Waals surface area contributed by atoms with Gasteiger partial charge in [0.25, 0.3) is 5.91 Å². The SMILES string of the molecule is C[C@@H](O)[C@H](NC(=O)c1ccncc1Cl)C(=O)O. The maximum atomic E-state index is 11.7. The minimum absolute atomic E-state index is 0.105. The van der Waals surface area contributed by atoms with Crippen molar-refractivity contribution in [1.82, 2.24) is 10.3 Å². The predicted octanol–water partition coefficient (Wildman–Crippen LogP) is 0.299. The van der Waals surface area contributed by atoms with Crippen LogP contribution in [0.5, 0.6) is 0 Å². The van der Waals surface area contributed by atoms with Crippen molar-refractivity contribution in [2.45, 2.75) is 19.1 Å². The van der Waals surface area contributed by atoms with Gasteiger partial charge in [-0.2, -0.15) is 0 Å². The van der Waals surface area contributed by atoms with Crippen molar-refractivity contribution in [1.29, 1.82) is 0 Å². The van der Waals surface area contributed by atoms with Gasteiger partial charge in [-0.05, 0) is 13.0 Å². The second-order valence-electron chi connectivity index (χ2n) is 3.39. The van der Waals surface area contributed by atoms with Crippen LogP contribution in [0.1, 0.15) is 17.3 Å². The Bertz CT molecular complexity index is 436. The Morgan fingerprint density at radius 1 is 1.53 bits per heavy atom. The molecule has 0 aliphatic rings. The summed E-state index contributed by atoms with van der Waals surface area (Å²) in [6, 6.07) is -0.0229. The molecule has 0 saturated heterocycles. The molecule has 1 aromatic rings. The normalized spacial score (nSPS) is 13.8. The van der Waals surface area contributed by atoms with Crippen LogP contribution in [0.15, 0.2) is 18.5 Å². The van der Waals surface area contributed by atoms with Crippen molar-refractivity contribution in [2.24, 2.45) is 0 Å². The van der Waals surface area contributed by atoms with Crippen molar-refractivity contribution >= 4 is 23.5 Å². The molecule has 17 heavy (non-hydrogen) atoms. The number of nitrogens with one attached hydrogen (secondary N) is 1. The van der Waals surface area contributed by atoms with Crippen LogP contribution in [0.2, 0.25) is 5.02 Å². The Kier molecular flexibility index (Phi) is 4.42. The van der Waals surface area contributed by atoms with E-state index in [9.17, 15) is 14.7 Å². The average molecular weight is 259 g/mol. The van der Waals surface area contributed by atoms with Crippen LogP contribution in [0.4, 0.5) is 0 Å². The molecule has 0 bridgehead atoms. The molecule has 0 aromatic carbocycles. The Morgan fingerprint density at radius 3 is 2.65 bits per heavy atom. The number of aliphatic hydroxyl groups is 1. The zero-order chi connectivity index (χ0) is 13.0. The van der Waals surface area contributed by atoms with Gasteiger partial charge in [0, 0.05) is 12.4 Å². The summed E-state index contributed by atoms with van der Waals surface area (Å²) >= 11 is 5.73. The number of carbonyl (C=O) groups is 2. The van der Waals surface area contributed by atoms with Crippen LogP contribution in [-0.2, 0) is 4.79 Å². The number of halogens is 1. The Hall–Kier alpha value is -1.66. The van der Waals surface area contributed by atoms with E-state index in [2.05, 4.69) is 10.3 Å². The Morgan fingerprint density at radius 2 is 2.18 bits per heavy atom. The van der Waals surface area contributed by atoms with E-state index in [1.165, 1.54) is 25.4 Å². The number of aliphatic carboxylic acids is 1. The van der Waals surface area contributed by atoms with Crippen molar-refractivity contribution < 1.29 is 19.8 Å². The molecule has 1 aromatic heterocycles. The van der Waals surface area contributed by atoms with Gasteiger partial charge in [-0.25, -0.2) is 4.79 Å². The molecular formula is C10H11ClN2O4. The molecule has 6 nitrogen and oxygen atoms in total. The number of rotatable bonds is 4. The molecule has 3 N–H and O–H groups in total. The zero-order valence-corrected chi connectivity index (χ0v) is 9.68. The number of nitrogens with zero attached hydrogens (tertiary/aromatic N) is 1. The van der Waals surface area contributed by atoms with Crippen molar-refractivity contribution in [3.05, 3.63) is 29.0 Å². The van der Waals surface area contributed by atoms with Gasteiger partial charge in [0.05, 0.1) is 16.7 Å². The van der Waals surface area contributed by atoms with Gasteiger partial charge in [-0.15, -0.1) is 0 Å². The number of carboxylic acids is 1. The van der Waals surface area contributed by atoms with E-state index >= 15 is 0 Å². The summed E-state index contributed by atoms with van der Waals surface area (Å²) in [4.78, 5) is 26.2. The highest BCUT2D eigenvalue weighted by Gasteiger charge is 2.26. The van der Waals surface area contributed by atoms with Gasteiger partial charge in [0.15, 0.2) is 6.04 Å². The summed E-state index contributed by atoms with van der Waals surface area (Å²) < 4.78 is 0. The van der Waals surface area contributed by atoms with Crippen LogP contribution < -0.4 is 5.32 Å². The van der Waals surface area contributed by atoms with E-state index in [1.54, 1.807) is 0 Å². The molecule has 0 unspecified atom stereocenters. The molecule has 7 heteroatoms. The fourth-order valence-corrected chi connectivity index (χ4v) is 1.37. The molecule has 92 valence electrons. The number of carboxylic acid groups (broad SMARTS) is 1. The number of aliphatic hydroxyl groups excluding tert-OH is 1. The van der Waals surface area contributed by atoms with Crippen molar-refractivity contribution in [3.63, 3.8) is 0 Å². The van der Waals surface area contributed by atoms with Crippen LogP contribution in [0.3, 0.4) is 0 Å². The Balaban J connectivity index is 2.85. The highest BCUT2D eigenvalue weighted by molar-refractivity contribution is 6.33. The third-order valence-electron chi connectivity index (χ3n) is 2.05. The topological polar surface area (TPSA) is 99.5 Å². The lowest BCUT2D eigenvalue weighted by Gasteiger charge is -2.17. The second-order valence-corrected chi connectivity index (χ2v) is 3.79. The van der Waals surface area contributed by atoms with Crippen LogP contribution in [0.25, 0.3) is 0 Å². The number of hydrogen-bond donors (Lipinski definition) is 3. The summed E-state index contributed by atoms with van der Waals surface area (Å²) in [5, 5.41) is 20.3. The summed E-state index contributed by atoms with van der Waals surface area (Å²) in [6.45, 7) is 1.27. The number of amides is 1. The summed E-state index contributed by atoms with van der Waals surface area (Å²) in [5.41, 5.74) is 0.105. The van der Waals surface area contributed by atoms with Gasteiger partial charge in [-0.3, -0.25) is 9.78 Å². The molecule has 1 amide bonds. The third kappa shape index (κ3) is 3.40. The number of pyridine rings is 1. The first-order chi connectivity index (χ1) is 7.93. The highest BCUT2D eigenvalue weighted by atomic mass is 35.5. The number of aromatic nitrogens is 1. The smallest absolute Gasteiger partial charge is 0.328 e. The highest BCUT2D eigenvalue weighted by Crippen LogP contribution is 2.13.